The van der Waals surface area contributed by atoms with Crippen molar-refractivity contribution in [1.29, 1.82) is 0 Å². The first-order valence-corrected chi connectivity index (χ1v) is 6.95. The molecule has 2 N–H and O–H groups in total. The molecule has 4 heteroatoms. The van der Waals surface area contributed by atoms with Crippen molar-refractivity contribution < 1.29 is 4.74 Å². The van der Waals surface area contributed by atoms with E-state index in [1.165, 1.54) is 5.56 Å². The average molecular weight is 286 g/mol. The molecule has 0 heterocycles. The molecule has 1 rings (SSSR count). The van der Waals surface area contributed by atoms with Gasteiger partial charge in [-0.05, 0) is 62.8 Å². The summed E-state index contributed by atoms with van der Waals surface area (Å²) < 4.78 is 5.69. The molecule has 0 radical (unpaired) electrons. The minimum absolute atomic E-state index is 0.559. The van der Waals surface area contributed by atoms with Crippen LogP contribution in [0.1, 0.15) is 36.5 Å². The van der Waals surface area contributed by atoms with Crippen LogP contribution in [0.5, 0.6) is 5.75 Å². The van der Waals surface area contributed by atoms with E-state index in [-0.39, 0.29) is 0 Å². The number of thiocarbonyl (C=S) groups is 1. The molecule has 0 aliphatic rings. The standard InChI is InChI=1S/C14H20ClNOS/c1-4-17-12-8-9(2)14(15)10(3)11(12)6-5-7-13(16)18/h8H,4-7H2,1-3H3,(H2,16,18). The van der Waals surface area contributed by atoms with Crippen LogP contribution >= 0.6 is 23.8 Å². The lowest BCUT2D eigenvalue weighted by atomic mass is 9.99. The smallest absolute Gasteiger partial charge is 0.123 e. The van der Waals surface area contributed by atoms with Gasteiger partial charge >= 0.3 is 0 Å². The molecule has 2 nitrogen and oxygen atoms in total. The Balaban J connectivity index is 2.98. The van der Waals surface area contributed by atoms with E-state index in [2.05, 4.69) is 0 Å². The molecule has 0 fully saturated rings. The van der Waals surface area contributed by atoms with Crippen molar-refractivity contribution in [3.63, 3.8) is 0 Å². The Kier molecular flexibility index (Phi) is 5.89. The first kappa shape index (κ1) is 15.3. The van der Waals surface area contributed by atoms with E-state index in [0.29, 0.717) is 11.6 Å². The van der Waals surface area contributed by atoms with Crippen LogP contribution in [0, 0.1) is 13.8 Å². The van der Waals surface area contributed by atoms with Crippen LogP contribution in [0.4, 0.5) is 0 Å². The van der Waals surface area contributed by atoms with Crippen LogP contribution in [-0.4, -0.2) is 11.6 Å². The molecule has 0 aliphatic heterocycles. The molecule has 1 aromatic carbocycles. The van der Waals surface area contributed by atoms with Gasteiger partial charge in [0.25, 0.3) is 0 Å². The normalized spacial score (nSPS) is 10.4. The summed E-state index contributed by atoms with van der Waals surface area (Å²) in [4.78, 5) is 0.559. The molecule has 18 heavy (non-hydrogen) atoms. The molecule has 0 saturated heterocycles. The molecule has 0 saturated carbocycles. The van der Waals surface area contributed by atoms with Crippen molar-refractivity contribution in [2.45, 2.75) is 40.0 Å². The van der Waals surface area contributed by atoms with Crippen LogP contribution in [-0.2, 0) is 6.42 Å². The summed E-state index contributed by atoms with van der Waals surface area (Å²) in [7, 11) is 0. The number of rotatable bonds is 6. The van der Waals surface area contributed by atoms with Crippen molar-refractivity contribution in [1.82, 2.24) is 0 Å². The third-order valence-electron chi connectivity index (χ3n) is 2.92. The lowest BCUT2D eigenvalue weighted by Crippen LogP contribution is -2.08. The molecule has 0 amide bonds. The van der Waals surface area contributed by atoms with Crippen molar-refractivity contribution >= 4 is 28.8 Å². The highest BCUT2D eigenvalue weighted by Gasteiger charge is 2.12. The highest BCUT2D eigenvalue weighted by molar-refractivity contribution is 7.80. The van der Waals surface area contributed by atoms with E-state index in [4.69, 9.17) is 34.3 Å². The zero-order chi connectivity index (χ0) is 13.7. The topological polar surface area (TPSA) is 35.2 Å². The molecule has 0 bridgehead atoms. The number of hydrogen-bond donors (Lipinski definition) is 1. The van der Waals surface area contributed by atoms with Gasteiger partial charge in [0.05, 0.1) is 11.6 Å². The van der Waals surface area contributed by atoms with Gasteiger partial charge in [0, 0.05) is 5.02 Å². The predicted molar refractivity (Wildman–Crippen MR) is 81.8 cm³/mol. The fourth-order valence-electron chi connectivity index (χ4n) is 1.99. The van der Waals surface area contributed by atoms with Gasteiger partial charge in [-0.15, -0.1) is 0 Å². The Hall–Kier alpha value is -0.800. The van der Waals surface area contributed by atoms with Crippen molar-refractivity contribution in [2.75, 3.05) is 6.61 Å². The summed E-state index contributed by atoms with van der Waals surface area (Å²) in [6.07, 6.45) is 2.57. The van der Waals surface area contributed by atoms with Crippen molar-refractivity contribution in [2.24, 2.45) is 5.73 Å². The first-order valence-electron chi connectivity index (χ1n) is 6.17. The number of halogens is 1. The molecule has 100 valence electrons. The number of nitrogens with two attached hydrogens (primary N) is 1. The van der Waals surface area contributed by atoms with Gasteiger partial charge in [-0.25, -0.2) is 0 Å². The molecule has 0 atom stereocenters. The Morgan fingerprint density at radius 1 is 1.44 bits per heavy atom. The lowest BCUT2D eigenvalue weighted by Gasteiger charge is -2.16. The minimum Gasteiger partial charge on any atom is -0.494 e. The van der Waals surface area contributed by atoms with Gasteiger partial charge < -0.3 is 10.5 Å². The van der Waals surface area contributed by atoms with Gasteiger partial charge in [0.1, 0.15) is 5.75 Å². The summed E-state index contributed by atoms with van der Waals surface area (Å²) in [5.74, 6) is 0.930. The third kappa shape index (κ3) is 3.85. The van der Waals surface area contributed by atoms with Crippen LogP contribution in [0.2, 0.25) is 5.02 Å². The molecule has 0 spiro atoms. The third-order valence-corrected chi connectivity index (χ3v) is 3.71. The largest absolute Gasteiger partial charge is 0.494 e. The van der Waals surface area contributed by atoms with Crippen molar-refractivity contribution in [3.05, 3.63) is 27.8 Å². The lowest BCUT2D eigenvalue weighted by molar-refractivity contribution is 0.335. The molecule has 0 aromatic heterocycles. The maximum Gasteiger partial charge on any atom is 0.123 e. The highest BCUT2D eigenvalue weighted by atomic mass is 35.5. The van der Waals surface area contributed by atoms with Crippen LogP contribution in [0.3, 0.4) is 0 Å². The zero-order valence-electron chi connectivity index (χ0n) is 11.2. The summed E-state index contributed by atoms with van der Waals surface area (Å²) in [5, 5.41) is 0.823. The van der Waals surface area contributed by atoms with E-state index in [9.17, 15) is 0 Å². The highest BCUT2D eigenvalue weighted by Crippen LogP contribution is 2.32. The zero-order valence-corrected chi connectivity index (χ0v) is 12.8. The Morgan fingerprint density at radius 3 is 2.67 bits per heavy atom. The first-order chi connectivity index (χ1) is 8.47. The molecular weight excluding hydrogens is 266 g/mol. The predicted octanol–water partition coefficient (Wildman–Crippen LogP) is 3.96. The quantitative estimate of drug-likeness (QED) is 0.804. The molecule has 1 aromatic rings. The fraction of sp³-hybridized carbons (Fsp3) is 0.500. The van der Waals surface area contributed by atoms with Crippen LogP contribution in [0.15, 0.2) is 6.07 Å². The van der Waals surface area contributed by atoms with Gasteiger partial charge in [-0.1, -0.05) is 23.8 Å². The second kappa shape index (κ2) is 6.95. The average Bonchev–Trinajstić information content (AvgIpc) is 2.30. The van der Waals surface area contributed by atoms with Gasteiger partial charge in [0.15, 0.2) is 0 Å². The fourth-order valence-corrected chi connectivity index (χ4v) is 2.31. The summed E-state index contributed by atoms with van der Waals surface area (Å²) >= 11 is 11.2. The van der Waals surface area contributed by atoms with E-state index < -0.39 is 0 Å². The number of benzene rings is 1. The Labute approximate surface area is 119 Å². The van der Waals surface area contributed by atoms with Crippen LogP contribution in [0.25, 0.3) is 0 Å². The van der Waals surface area contributed by atoms with Crippen LogP contribution < -0.4 is 10.5 Å². The maximum absolute atomic E-state index is 6.29. The Morgan fingerprint density at radius 2 is 2.11 bits per heavy atom. The molecule has 0 aliphatic carbocycles. The van der Waals surface area contributed by atoms with E-state index in [1.807, 2.05) is 26.8 Å². The molecule has 0 unspecified atom stereocenters. The SMILES string of the molecule is CCOc1cc(C)c(Cl)c(C)c1CCCC(N)=S. The second-order valence-corrected chi connectivity index (χ2v) is 5.26. The Bertz CT molecular complexity index is 446. The summed E-state index contributed by atoms with van der Waals surface area (Å²) in [6.45, 7) is 6.67. The van der Waals surface area contributed by atoms with Gasteiger partial charge in [-0.3, -0.25) is 0 Å². The number of hydrogen-bond acceptors (Lipinski definition) is 2. The minimum atomic E-state index is 0.559. The maximum atomic E-state index is 6.29. The summed E-state index contributed by atoms with van der Waals surface area (Å²) in [5.41, 5.74) is 8.84. The second-order valence-electron chi connectivity index (χ2n) is 4.36. The molecular formula is C14H20ClNOS. The van der Waals surface area contributed by atoms with E-state index >= 15 is 0 Å². The van der Waals surface area contributed by atoms with E-state index in [1.54, 1.807) is 0 Å². The van der Waals surface area contributed by atoms with Gasteiger partial charge in [0.2, 0.25) is 0 Å². The number of ether oxygens (including phenoxy) is 1. The monoisotopic (exact) mass is 285 g/mol. The van der Waals surface area contributed by atoms with Gasteiger partial charge in [-0.2, -0.15) is 0 Å². The summed E-state index contributed by atoms with van der Waals surface area (Å²) in [6, 6.07) is 2.01. The van der Waals surface area contributed by atoms with E-state index in [0.717, 1.165) is 41.2 Å². The van der Waals surface area contributed by atoms with Crippen molar-refractivity contribution in [3.8, 4) is 5.75 Å². The number of aryl methyl sites for hydroxylation is 1.